The normalized spacial score (nSPS) is 11.8. The van der Waals surface area contributed by atoms with Crippen LogP contribution in [0, 0.1) is 0 Å². The van der Waals surface area contributed by atoms with Gasteiger partial charge in [-0.2, -0.15) is 4.98 Å². The molecule has 0 spiro atoms. The zero-order chi connectivity index (χ0) is 19.6. The number of rotatable bonds is 6. The molecule has 3 rings (SSSR count). The van der Waals surface area contributed by atoms with Gasteiger partial charge in [0.25, 0.3) is 0 Å². The Morgan fingerprint density at radius 1 is 1.04 bits per heavy atom. The van der Waals surface area contributed by atoms with E-state index in [1.54, 1.807) is 12.1 Å². The Morgan fingerprint density at radius 3 is 2.41 bits per heavy atom. The van der Waals surface area contributed by atoms with Crippen molar-refractivity contribution in [3.63, 3.8) is 0 Å². The van der Waals surface area contributed by atoms with Gasteiger partial charge in [0.2, 0.25) is 16.0 Å². The number of benzene rings is 2. The summed E-state index contributed by atoms with van der Waals surface area (Å²) in [5, 5.41) is 4.06. The summed E-state index contributed by atoms with van der Waals surface area (Å²) in [5.41, 5.74) is 14.1. The largest absolute Gasteiger partial charge is 0.385 e. The first kappa shape index (κ1) is 18.9. The van der Waals surface area contributed by atoms with E-state index in [4.69, 9.17) is 11.5 Å². The van der Waals surface area contributed by atoms with Gasteiger partial charge in [-0.1, -0.05) is 12.1 Å². The number of aromatic nitrogens is 2. The molecule has 0 saturated heterocycles. The number of nitrogen functional groups attached to an aromatic ring is 2. The molecule has 8 nitrogen and oxygen atoms in total. The fourth-order valence-corrected chi connectivity index (χ4v) is 3.57. The molecule has 0 saturated carbocycles. The third-order valence-corrected chi connectivity index (χ3v) is 6.02. The van der Waals surface area contributed by atoms with E-state index in [9.17, 15) is 8.42 Å². The first-order chi connectivity index (χ1) is 12.8. The second kappa shape index (κ2) is 7.37. The van der Waals surface area contributed by atoms with Crippen molar-refractivity contribution in [1.29, 1.82) is 0 Å². The predicted octanol–water partition coefficient (Wildman–Crippen LogP) is 1.70. The van der Waals surface area contributed by atoms with E-state index in [2.05, 4.69) is 15.3 Å². The average molecular weight is 386 g/mol. The molecule has 5 N–H and O–H groups in total. The molecule has 9 heteroatoms. The molecule has 0 unspecified atom stereocenters. The zero-order valence-corrected chi connectivity index (χ0v) is 16.0. The van der Waals surface area contributed by atoms with Crippen LogP contribution in [0.2, 0.25) is 0 Å². The van der Waals surface area contributed by atoms with Crippen molar-refractivity contribution in [2.45, 2.75) is 11.3 Å². The fraction of sp³-hybridized carbons (Fsp3) is 0.222. The van der Waals surface area contributed by atoms with Gasteiger partial charge < -0.3 is 16.8 Å². The van der Waals surface area contributed by atoms with Gasteiger partial charge in [0.05, 0.1) is 10.4 Å². The van der Waals surface area contributed by atoms with Crippen LogP contribution in [0.1, 0.15) is 5.56 Å². The quantitative estimate of drug-likeness (QED) is 0.588. The summed E-state index contributed by atoms with van der Waals surface area (Å²) in [4.78, 5) is 8.41. The smallest absolute Gasteiger partial charge is 0.242 e. The highest BCUT2D eigenvalue weighted by molar-refractivity contribution is 7.89. The number of nitrogens with zero attached hydrogens (tertiary/aromatic N) is 3. The Labute approximate surface area is 158 Å². The highest BCUT2D eigenvalue weighted by Crippen LogP contribution is 2.22. The number of hydrogen-bond acceptors (Lipinski definition) is 7. The van der Waals surface area contributed by atoms with Gasteiger partial charge in [-0.15, -0.1) is 0 Å². The molecule has 0 atom stereocenters. The van der Waals surface area contributed by atoms with E-state index in [1.807, 2.05) is 30.3 Å². The second-order valence-electron chi connectivity index (χ2n) is 6.31. The number of nitrogens with one attached hydrogen (secondary N) is 1. The van der Waals surface area contributed by atoms with Crippen LogP contribution in [0.25, 0.3) is 10.9 Å². The average Bonchev–Trinajstić information content (AvgIpc) is 2.62. The highest BCUT2D eigenvalue weighted by atomic mass is 32.2. The Hall–Kier alpha value is -2.91. The van der Waals surface area contributed by atoms with E-state index in [1.165, 1.54) is 18.4 Å². The minimum absolute atomic E-state index is 0.153. The van der Waals surface area contributed by atoms with E-state index < -0.39 is 10.0 Å². The van der Waals surface area contributed by atoms with Crippen molar-refractivity contribution >= 4 is 38.4 Å². The third kappa shape index (κ3) is 4.09. The Balaban J connectivity index is 1.65. The maximum atomic E-state index is 12.1. The van der Waals surface area contributed by atoms with Crippen LogP contribution >= 0.6 is 0 Å². The molecule has 27 heavy (non-hydrogen) atoms. The highest BCUT2D eigenvalue weighted by Gasteiger charge is 2.16. The van der Waals surface area contributed by atoms with Crippen molar-refractivity contribution in [1.82, 2.24) is 14.3 Å². The van der Waals surface area contributed by atoms with Crippen LogP contribution in [-0.2, 0) is 16.4 Å². The van der Waals surface area contributed by atoms with Gasteiger partial charge in [-0.3, -0.25) is 0 Å². The molecule has 0 radical (unpaired) electrons. The summed E-state index contributed by atoms with van der Waals surface area (Å²) in [6, 6.07) is 12.5. The molecule has 0 aliphatic carbocycles. The van der Waals surface area contributed by atoms with Gasteiger partial charge >= 0.3 is 0 Å². The first-order valence-corrected chi connectivity index (χ1v) is 9.79. The Bertz CT molecular complexity index is 1070. The summed E-state index contributed by atoms with van der Waals surface area (Å²) in [7, 11) is -0.367. The van der Waals surface area contributed by atoms with Crippen LogP contribution in [0.3, 0.4) is 0 Å². The summed E-state index contributed by atoms with van der Waals surface area (Å²) >= 11 is 0. The number of fused-ring (bicyclic) bond motifs is 1. The van der Waals surface area contributed by atoms with Crippen molar-refractivity contribution in [2.24, 2.45) is 0 Å². The monoisotopic (exact) mass is 386 g/mol. The van der Waals surface area contributed by atoms with E-state index in [-0.39, 0.29) is 10.8 Å². The van der Waals surface area contributed by atoms with E-state index in [0.717, 1.165) is 23.1 Å². The van der Waals surface area contributed by atoms with Gasteiger partial charge in [0, 0.05) is 31.7 Å². The van der Waals surface area contributed by atoms with Gasteiger partial charge in [0.1, 0.15) is 5.82 Å². The molecule has 0 bridgehead atoms. The van der Waals surface area contributed by atoms with Gasteiger partial charge in [0.15, 0.2) is 0 Å². The van der Waals surface area contributed by atoms with Crippen LogP contribution in [-0.4, -0.2) is 43.3 Å². The minimum atomic E-state index is -3.40. The van der Waals surface area contributed by atoms with Crippen molar-refractivity contribution in [3.05, 3.63) is 48.0 Å². The molecular weight excluding hydrogens is 364 g/mol. The number of nitrogens with two attached hydrogens (primary N) is 2. The molecule has 3 aromatic rings. The van der Waals surface area contributed by atoms with Gasteiger partial charge in [-0.05, 0) is 42.3 Å². The number of hydrogen-bond donors (Lipinski definition) is 3. The lowest BCUT2D eigenvalue weighted by Crippen LogP contribution is -2.22. The lowest BCUT2D eigenvalue weighted by Gasteiger charge is -2.12. The van der Waals surface area contributed by atoms with Crippen molar-refractivity contribution in [3.8, 4) is 0 Å². The van der Waals surface area contributed by atoms with Gasteiger partial charge in [-0.25, -0.2) is 17.7 Å². The summed E-state index contributed by atoms with van der Waals surface area (Å²) < 4.78 is 25.4. The summed E-state index contributed by atoms with van der Waals surface area (Å²) in [5.74, 6) is 0.499. The Kier molecular flexibility index (Phi) is 5.15. The molecule has 0 aliphatic rings. The second-order valence-corrected chi connectivity index (χ2v) is 8.46. The van der Waals surface area contributed by atoms with Crippen LogP contribution < -0.4 is 16.8 Å². The standard InChI is InChI=1S/C18H22N6O2S/c1-24(2)27(25,26)14-6-3-12(4-7-14)9-10-21-13-5-8-16-15(11-13)17(19)23-18(20)22-16/h3-8,11,21H,9-10H2,1-2H3,(H4,19,20,22,23). The molecule has 1 aromatic heterocycles. The molecule has 0 aliphatic heterocycles. The molecule has 0 fully saturated rings. The van der Waals surface area contributed by atoms with Crippen LogP contribution in [0.4, 0.5) is 17.5 Å². The first-order valence-electron chi connectivity index (χ1n) is 8.35. The predicted molar refractivity (Wildman–Crippen MR) is 108 cm³/mol. The maximum Gasteiger partial charge on any atom is 0.242 e. The van der Waals surface area contributed by atoms with E-state index in [0.29, 0.717) is 17.9 Å². The molecule has 142 valence electrons. The molecule has 0 amide bonds. The van der Waals surface area contributed by atoms with Crippen LogP contribution in [0.15, 0.2) is 47.4 Å². The van der Waals surface area contributed by atoms with Crippen molar-refractivity contribution in [2.75, 3.05) is 37.4 Å². The molecule has 2 aromatic carbocycles. The maximum absolute atomic E-state index is 12.1. The summed E-state index contributed by atoms with van der Waals surface area (Å²) in [6.07, 6.45) is 0.744. The summed E-state index contributed by atoms with van der Waals surface area (Å²) in [6.45, 7) is 0.682. The molecule has 1 heterocycles. The molecular formula is C18H22N6O2S. The topological polar surface area (TPSA) is 127 Å². The lowest BCUT2D eigenvalue weighted by atomic mass is 10.1. The fourth-order valence-electron chi connectivity index (χ4n) is 2.67. The Morgan fingerprint density at radius 2 is 1.74 bits per heavy atom. The third-order valence-electron chi connectivity index (χ3n) is 4.19. The van der Waals surface area contributed by atoms with Crippen molar-refractivity contribution < 1.29 is 8.42 Å². The zero-order valence-electron chi connectivity index (χ0n) is 15.2. The lowest BCUT2D eigenvalue weighted by molar-refractivity contribution is 0.520. The number of sulfonamides is 1. The van der Waals surface area contributed by atoms with Crippen LogP contribution in [0.5, 0.6) is 0 Å². The minimum Gasteiger partial charge on any atom is -0.385 e. The number of anilines is 3. The van der Waals surface area contributed by atoms with E-state index >= 15 is 0 Å². The SMILES string of the molecule is CN(C)S(=O)(=O)c1ccc(CCNc2ccc3nc(N)nc(N)c3c2)cc1.